The van der Waals surface area contributed by atoms with Gasteiger partial charge >= 0.3 is 6.03 Å². The fourth-order valence-electron chi connectivity index (χ4n) is 1.74. The lowest BCUT2D eigenvalue weighted by atomic mass is 10.2. The van der Waals surface area contributed by atoms with E-state index in [0.717, 1.165) is 5.01 Å². The fraction of sp³-hybridized carbons (Fsp3) is 0.188. The van der Waals surface area contributed by atoms with Crippen molar-refractivity contribution >= 4 is 41.1 Å². The largest absolute Gasteiger partial charge is 0.463 e. The van der Waals surface area contributed by atoms with E-state index in [-0.39, 0.29) is 6.54 Å². The number of hydrogen-bond donors (Lipinski definition) is 1. The summed E-state index contributed by atoms with van der Waals surface area (Å²) in [5.41, 5.74) is 0.470. The first kappa shape index (κ1) is 17.9. The number of furan rings is 1. The van der Waals surface area contributed by atoms with Crippen molar-refractivity contribution < 1.29 is 9.21 Å². The third kappa shape index (κ3) is 5.01. The molecule has 0 spiro atoms. The minimum Gasteiger partial charge on any atom is -0.463 e. The van der Waals surface area contributed by atoms with E-state index in [1.54, 1.807) is 31.2 Å². The number of anilines is 1. The molecule has 0 radical (unpaired) electrons. The number of rotatable bonds is 5. The SMILES string of the molecule is CC(C#N)CN(/N=C/c1ccco1)C(=O)Nc1ccc(Cl)c(Cl)c1. The second-order valence-electron chi connectivity index (χ2n) is 4.93. The Labute approximate surface area is 149 Å². The van der Waals surface area contributed by atoms with Crippen molar-refractivity contribution in [3.05, 3.63) is 52.4 Å². The van der Waals surface area contributed by atoms with Gasteiger partial charge in [-0.15, -0.1) is 0 Å². The Hall–Kier alpha value is -2.49. The first-order chi connectivity index (χ1) is 11.5. The zero-order valence-electron chi connectivity index (χ0n) is 12.7. The molecular formula is C16H14Cl2N4O2. The number of carbonyl (C=O) groups excluding carboxylic acids is 1. The predicted octanol–water partition coefficient (Wildman–Crippen LogP) is 4.61. The van der Waals surface area contributed by atoms with Crippen molar-refractivity contribution in [2.75, 3.05) is 11.9 Å². The van der Waals surface area contributed by atoms with Gasteiger partial charge in [-0.25, -0.2) is 9.80 Å². The van der Waals surface area contributed by atoms with E-state index in [2.05, 4.69) is 16.5 Å². The Bertz CT molecular complexity index is 769. The van der Waals surface area contributed by atoms with E-state index in [9.17, 15) is 4.79 Å². The molecule has 6 nitrogen and oxygen atoms in total. The van der Waals surface area contributed by atoms with E-state index >= 15 is 0 Å². The van der Waals surface area contributed by atoms with Crippen LogP contribution in [0.4, 0.5) is 10.5 Å². The Morgan fingerprint density at radius 2 is 2.25 bits per heavy atom. The lowest BCUT2D eigenvalue weighted by molar-refractivity contribution is 0.210. The van der Waals surface area contributed by atoms with E-state index in [1.807, 2.05) is 0 Å². The molecule has 0 aliphatic carbocycles. The van der Waals surface area contributed by atoms with Crippen LogP contribution in [-0.4, -0.2) is 23.8 Å². The zero-order chi connectivity index (χ0) is 17.5. The summed E-state index contributed by atoms with van der Waals surface area (Å²) >= 11 is 11.8. The number of halogens is 2. The average Bonchev–Trinajstić information content (AvgIpc) is 3.08. The smallest absolute Gasteiger partial charge is 0.342 e. The topological polar surface area (TPSA) is 81.6 Å². The molecule has 1 aromatic heterocycles. The monoisotopic (exact) mass is 364 g/mol. The van der Waals surface area contributed by atoms with Crippen LogP contribution in [0.2, 0.25) is 10.0 Å². The number of hydrazone groups is 1. The van der Waals surface area contributed by atoms with Crippen molar-refractivity contribution in [2.45, 2.75) is 6.92 Å². The van der Waals surface area contributed by atoms with Crippen LogP contribution in [0.3, 0.4) is 0 Å². The molecule has 1 heterocycles. The molecule has 2 rings (SSSR count). The summed E-state index contributed by atoms with van der Waals surface area (Å²) in [5.74, 6) is 0.102. The van der Waals surface area contributed by atoms with Gasteiger partial charge in [0.25, 0.3) is 0 Å². The second-order valence-corrected chi connectivity index (χ2v) is 5.75. The zero-order valence-corrected chi connectivity index (χ0v) is 14.3. The number of hydrogen-bond acceptors (Lipinski definition) is 4. The Balaban J connectivity index is 2.13. The Morgan fingerprint density at radius 1 is 1.46 bits per heavy atom. The van der Waals surface area contributed by atoms with Crippen LogP contribution in [0.1, 0.15) is 12.7 Å². The van der Waals surface area contributed by atoms with Gasteiger partial charge in [0.15, 0.2) is 0 Å². The molecule has 2 aromatic rings. The molecule has 8 heteroatoms. The van der Waals surface area contributed by atoms with Crippen LogP contribution in [0.5, 0.6) is 0 Å². The summed E-state index contributed by atoms with van der Waals surface area (Å²) in [6.07, 6.45) is 2.90. The number of nitriles is 1. The summed E-state index contributed by atoms with van der Waals surface area (Å²) in [4.78, 5) is 12.4. The molecule has 0 saturated carbocycles. The fourth-order valence-corrected chi connectivity index (χ4v) is 2.03. The average molecular weight is 365 g/mol. The standard InChI is InChI=1S/C16H14Cl2N4O2/c1-11(8-19)10-22(20-9-13-3-2-6-24-13)16(23)21-12-4-5-14(17)15(18)7-12/h2-7,9,11H,10H2,1H3,(H,21,23)/b20-9+. The summed E-state index contributed by atoms with van der Waals surface area (Å²) in [6, 6.07) is 9.70. The van der Waals surface area contributed by atoms with Gasteiger partial charge in [0.2, 0.25) is 0 Å². The number of urea groups is 1. The molecule has 24 heavy (non-hydrogen) atoms. The van der Waals surface area contributed by atoms with Gasteiger partial charge in [0.1, 0.15) is 5.76 Å². The maximum absolute atomic E-state index is 12.4. The number of nitrogens with zero attached hydrogens (tertiary/aromatic N) is 3. The van der Waals surface area contributed by atoms with Gasteiger partial charge in [-0.1, -0.05) is 23.2 Å². The lowest BCUT2D eigenvalue weighted by Crippen LogP contribution is -2.34. The van der Waals surface area contributed by atoms with E-state index < -0.39 is 11.9 Å². The highest BCUT2D eigenvalue weighted by atomic mass is 35.5. The van der Waals surface area contributed by atoms with Gasteiger partial charge in [-0.3, -0.25) is 0 Å². The van der Waals surface area contributed by atoms with Gasteiger partial charge in [-0.05, 0) is 37.3 Å². The molecule has 1 atom stereocenters. The van der Waals surface area contributed by atoms with Crippen LogP contribution < -0.4 is 5.32 Å². The number of amides is 2. The minimum atomic E-state index is -0.502. The van der Waals surface area contributed by atoms with Gasteiger partial charge < -0.3 is 9.73 Å². The summed E-state index contributed by atoms with van der Waals surface area (Å²) < 4.78 is 5.14. The maximum Gasteiger partial charge on any atom is 0.342 e. The maximum atomic E-state index is 12.4. The van der Waals surface area contributed by atoms with Crippen LogP contribution in [0.15, 0.2) is 46.1 Å². The van der Waals surface area contributed by atoms with E-state index in [0.29, 0.717) is 21.5 Å². The molecular weight excluding hydrogens is 351 g/mol. The quantitative estimate of drug-likeness (QED) is 0.620. The Morgan fingerprint density at radius 3 is 2.88 bits per heavy atom. The Kier molecular flexibility index (Phi) is 6.24. The van der Waals surface area contributed by atoms with E-state index in [1.165, 1.54) is 18.5 Å². The second kappa shape index (κ2) is 8.39. The number of benzene rings is 1. The normalized spacial score (nSPS) is 11.9. The molecule has 1 aromatic carbocycles. The highest BCUT2D eigenvalue weighted by Crippen LogP contribution is 2.25. The van der Waals surface area contributed by atoms with Crippen LogP contribution in [-0.2, 0) is 0 Å². The molecule has 2 amide bonds. The summed E-state index contributed by atoms with van der Waals surface area (Å²) in [7, 11) is 0. The molecule has 0 fully saturated rings. The van der Waals surface area contributed by atoms with Gasteiger partial charge in [0, 0.05) is 5.69 Å². The molecule has 0 aliphatic rings. The first-order valence-electron chi connectivity index (χ1n) is 7.00. The van der Waals surface area contributed by atoms with Crippen molar-refractivity contribution in [3.63, 3.8) is 0 Å². The highest BCUT2D eigenvalue weighted by molar-refractivity contribution is 6.42. The third-order valence-corrected chi connectivity index (χ3v) is 3.68. The molecule has 124 valence electrons. The van der Waals surface area contributed by atoms with Crippen molar-refractivity contribution in [2.24, 2.45) is 11.0 Å². The number of carbonyl (C=O) groups is 1. The molecule has 0 bridgehead atoms. The van der Waals surface area contributed by atoms with Crippen LogP contribution in [0.25, 0.3) is 0 Å². The number of nitrogens with one attached hydrogen (secondary N) is 1. The van der Waals surface area contributed by atoms with E-state index in [4.69, 9.17) is 32.9 Å². The van der Waals surface area contributed by atoms with Crippen LogP contribution >= 0.6 is 23.2 Å². The lowest BCUT2D eigenvalue weighted by Gasteiger charge is -2.18. The van der Waals surface area contributed by atoms with Gasteiger partial charge in [-0.2, -0.15) is 10.4 Å². The molecule has 0 saturated heterocycles. The van der Waals surface area contributed by atoms with Gasteiger partial charge in [0.05, 0.1) is 41.1 Å². The van der Waals surface area contributed by atoms with Crippen molar-refractivity contribution in [3.8, 4) is 6.07 Å². The summed E-state index contributed by atoms with van der Waals surface area (Å²) in [6.45, 7) is 1.82. The third-order valence-electron chi connectivity index (χ3n) is 2.94. The van der Waals surface area contributed by atoms with Crippen molar-refractivity contribution in [1.82, 2.24) is 5.01 Å². The summed E-state index contributed by atoms with van der Waals surface area (Å²) in [5, 5.41) is 17.6. The molecule has 1 N–H and O–H groups in total. The highest BCUT2D eigenvalue weighted by Gasteiger charge is 2.16. The minimum absolute atomic E-state index is 0.126. The van der Waals surface area contributed by atoms with Crippen LogP contribution in [0, 0.1) is 17.2 Å². The molecule has 1 unspecified atom stereocenters. The predicted molar refractivity (Wildman–Crippen MR) is 93.3 cm³/mol. The first-order valence-corrected chi connectivity index (χ1v) is 7.76. The molecule has 0 aliphatic heterocycles. The van der Waals surface area contributed by atoms with Crippen molar-refractivity contribution in [1.29, 1.82) is 5.26 Å².